The van der Waals surface area contributed by atoms with Gasteiger partial charge in [-0.2, -0.15) is 0 Å². The standard InChI is InChI=1S/C14H20N2O4/c1-3-20-14(19)12(16-9(2)13(17)18)8-10-4-6-11(15)7-5-10/h4-7,9,12,16H,3,8,15H2,1-2H3,(H,17,18)/t9-,12-/m0/s1. The van der Waals surface area contributed by atoms with Gasteiger partial charge in [-0.15, -0.1) is 0 Å². The summed E-state index contributed by atoms with van der Waals surface area (Å²) in [5.41, 5.74) is 7.11. The molecule has 0 aliphatic rings. The first-order valence-electron chi connectivity index (χ1n) is 6.44. The highest BCUT2D eigenvalue weighted by Gasteiger charge is 2.24. The summed E-state index contributed by atoms with van der Waals surface area (Å²) in [4.78, 5) is 22.8. The van der Waals surface area contributed by atoms with Gasteiger partial charge in [-0.1, -0.05) is 12.1 Å². The van der Waals surface area contributed by atoms with Gasteiger partial charge in [0.2, 0.25) is 0 Å². The molecule has 0 amide bonds. The van der Waals surface area contributed by atoms with Gasteiger partial charge in [-0.25, -0.2) is 0 Å². The molecule has 6 nitrogen and oxygen atoms in total. The van der Waals surface area contributed by atoms with E-state index < -0.39 is 24.0 Å². The van der Waals surface area contributed by atoms with Crippen LogP contribution >= 0.6 is 0 Å². The van der Waals surface area contributed by atoms with Crippen LogP contribution in [0.15, 0.2) is 24.3 Å². The first kappa shape index (κ1) is 16.0. The molecular formula is C14H20N2O4. The predicted molar refractivity (Wildman–Crippen MR) is 75.2 cm³/mol. The maximum atomic E-state index is 11.9. The number of nitrogens with two attached hydrogens (primary N) is 1. The second-order valence-corrected chi connectivity index (χ2v) is 4.48. The largest absolute Gasteiger partial charge is 0.480 e. The van der Waals surface area contributed by atoms with Crippen molar-refractivity contribution in [2.75, 3.05) is 12.3 Å². The summed E-state index contributed by atoms with van der Waals surface area (Å²) < 4.78 is 4.96. The number of nitrogens with one attached hydrogen (secondary N) is 1. The third-order valence-electron chi connectivity index (χ3n) is 2.81. The van der Waals surface area contributed by atoms with Gasteiger partial charge in [-0.05, 0) is 38.0 Å². The second kappa shape index (κ2) is 7.49. The lowest BCUT2D eigenvalue weighted by molar-refractivity contribution is -0.146. The highest BCUT2D eigenvalue weighted by molar-refractivity contribution is 5.78. The van der Waals surface area contributed by atoms with E-state index in [1.165, 1.54) is 6.92 Å². The lowest BCUT2D eigenvalue weighted by Gasteiger charge is -2.19. The van der Waals surface area contributed by atoms with Gasteiger partial charge < -0.3 is 15.6 Å². The van der Waals surface area contributed by atoms with Crippen LogP contribution in [0.5, 0.6) is 0 Å². The predicted octanol–water partition coefficient (Wildman–Crippen LogP) is 0.806. The van der Waals surface area contributed by atoms with E-state index >= 15 is 0 Å². The highest BCUT2D eigenvalue weighted by Crippen LogP contribution is 2.09. The van der Waals surface area contributed by atoms with Gasteiger partial charge in [0.25, 0.3) is 0 Å². The van der Waals surface area contributed by atoms with Gasteiger partial charge in [-0.3, -0.25) is 14.9 Å². The van der Waals surface area contributed by atoms with Gasteiger partial charge >= 0.3 is 11.9 Å². The molecule has 0 bridgehead atoms. The van der Waals surface area contributed by atoms with Crippen molar-refractivity contribution in [1.82, 2.24) is 5.32 Å². The Kier molecular flexibility index (Phi) is 5.99. The fourth-order valence-corrected chi connectivity index (χ4v) is 1.72. The molecule has 0 saturated heterocycles. The summed E-state index contributed by atoms with van der Waals surface area (Å²) in [5.74, 6) is -1.48. The molecule has 0 unspecified atom stereocenters. The molecule has 0 spiro atoms. The van der Waals surface area contributed by atoms with E-state index in [0.717, 1.165) is 5.56 Å². The molecule has 0 radical (unpaired) electrons. The summed E-state index contributed by atoms with van der Waals surface area (Å²) in [5, 5.41) is 11.7. The normalized spacial score (nSPS) is 13.5. The van der Waals surface area contributed by atoms with Crippen LogP contribution in [0.1, 0.15) is 19.4 Å². The number of ether oxygens (including phenoxy) is 1. The van der Waals surface area contributed by atoms with Crippen molar-refractivity contribution in [2.24, 2.45) is 0 Å². The Morgan fingerprint density at radius 3 is 2.45 bits per heavy atom. The monoisotopic (exact) mass is 280 g/mol. The molecule has 20 heavy (non-hydrogen) atoms. The molecule has 110 valence electrons. The number of carboxylic acids is 1. The number of benzene rings is 1. The zero-order valence-electron chi connectivity index (χ0n) is 11.6. The Hall–Kier alpha value is -2.08. The Bertz CT molecular complexity index is 459. The number of esters is 1. The number of carboxylic acid groups (broad SMARTS) is 1. The number of aliphatic carboxylic acids is 1. The lowest BCUT2D eigenvalue weighted by Crippen LogP contribution is -2.47. The molecule has 0 aromatic heterocycles. The first-order valence-corrected chi connectivity index (χ1v) is 6.44. The summed E-state index contributed by atoms with van der Waals surface area (Å²) in [6.45, 7) is 3.44. The number of nitrogen functional groups attached to an aromatic ring is 1. The minimum atomic E-state index is -1.02. The van der Waals surface area contributed by atoms with E-state index in [-0.39, 0.29) is 6.61 Å². The molecule has 6 heteroatoms. The van der Waals surface area contributed by atoms with Crippen molar-refractivity contribution in [1.29, 1.82) is 0 Å². The van der Waals surface area contributed by atoms with Crippen LogP contribution in [0.4, 0.5) is 5.69 Å². The number of rotatable bonds is 7. The first-order chi connectivity index (χ1) is 9.43. The molecule has 4 N–H and O–H groups in total. The van der Waals surface area contributed by atoms with Crippen LogP contribution in [0.3, 0.4) is 0 Å². The molecule has 0 aliphatic carbocycles. The SMILES string of the molecule is CCOC(=O)[C@H](Cc1ccc(N)cc1)N[C@@H](C)C(=O)O. The molecule has 0 aliphatic heterocycles. The Labute approximate surface area is 117 Å². The number of hydrogen-bond donors (Lipinski definition) is 3. The van der Waals surface area contributed by atoms with Crippen LogP contribution in [-0.2, 0) is 20.7 Å². The van der Waals surface area contributed by atoms with Crippen LogP contribution < -0.4 is 11.1 Å². The van der Waals surface area contributed by atoms with Gasteiger partial charge in [0.15, 0.2) is 0 Å². The zero-order valence-corrected chi connectivity index (χ0v) is 11.6. The van der Waals surface area contributed by atoms with E-state index in [2.05, 4.69) is 5.32 Å². The Balaban J connectivity index is 2.78. The summed E-state index contributed by atoms with van der Waals surface area (Å²) in [7, 11) is 0. The summed E-state index contributed by atoms with van der Waals surface area (Å²) in [6, 6.07) is 5.53. The van der Waals surface area contributed by atoms with Crippen LogP contribution in [-0.4, -0.2) is 35.7 Å². The molecule has 0 heterocycles. The van der Waals surface area contributed by atoms with E-state index in [1.807, 2.05) is 0 Å². The zero-order chi connectivity index (χ0) is 15.1. The topological polar surface area (TPSA) is 102 Å². The number of hydrogen-bond acceptors (Lipinski definition) is 5. The fraction of sp³-hybridized carbons (Fsp3) is 0.429. The quantitative estimate of drug-likeness (QED) is 0.504. The van der Waals surface area contributed by atoms with Crippen molar-refractivity contribution < 1.29 is 19.4 Å². The van der Waals surface area contributed by atoms with E-state index in [9.17, 15) is 9.59 Å². The number of carbonyl (C=O) groups is 2. The van der Waals surface area contributed by atoms with Gasteiger partial charge in [0, 0.05) is 5.69 Å². The number of carbonyl (C=O) groups excluding carboxylic acids is 1. The minimum absolute atomic E-state index is 0.250. The van der Waals surface area contributed by atoms with Crippen molar-refractivity contribution in [3.05, 3.63) is 29.8 Å². The van der Waals surface area contributed by atoms with Gasteiger partial charge in [0.05, 0.1) is 6.61 Å². The molecule has 0 saturated carbocycles. The Morgan fingerprint density at radius 1 is 1.35 bits per heavy atom. The maximum Gasteiger partial charge on any atom is 0.323 e. The highest BCUT2D eigenvalue weighted by atomic mass is 16.5. The average Bonchev–Trinajstić information content (AvgIpc) is 2.40. The molecular weight excluding hydrogens is 260 g/mol. The molecule has 1 aromatic rings. The molecule has 2 atom stereocenters. The average molecular weight is 280 g/mol. The van der Waals surface area contributed by atoms with Crippen LogP contribution in [0.2, 0.25) is 0 Å². The molecule has 0 fully saturated rings. The second-order valence-electron chi connectivity index (χ2n) is 4.48. The van der Waals surface area contributed by atoms with Crippen LogP contribution in [0, 0.1) is 0 Å². The van der Waals surface area contributed by atoms with Crippen LogP contribution in [0.25, 0.3) is 0 Å². The van der Waals surface area contributed by atoms with E-state index in [0.29, 0.717) is 12.1 Å². The molecule has 1 rings (SSSR count). The Morgan fingerprint density at radius 2 is 1.95 bits per heavy atom. The third kappa shape index (κ3) is 4.89. The smallest absolute Gasteiger partial charge is 0.323 e. The third-order valence-corrected chi connectivity index (χ3v) is 2.81. The summed E-state index contributed by atoms with van der Waals surface area (Å²) in [6.07, 6.45) is 0.344. The van der Waals surface area contributed by atoms with Crippen molar-refractivity contribution in [3.63, 3.8) is 0 Å². The van der Waals surface area contributed by atoms with Gasteiger partial charge in [0.1, 0.15) is 12.1 Å². The van der Waals surface area contributed by atoms with E-state index in [4.69, 9.17) is 15.6 Å². The maximum absolute atomic E-state index is 11.9. The lowest BCUT2D eigenvalue weighted by atomic mass is 10.0. The minimum Gasteiger partial charge on any atom is -0.480 e. The van der Waals surface area contributed by atoms with Crippen molar-refractivity contribution in [3.8, 4) is 0 Å². The molecule has 1 aromatic carbocycles. The van der Waals surface area contributed by atoms with Crippen molar-refractivity contribution >= 4 is 17.6 Å². The number of anilines is 1. The fourth-order valence-electron chi connectivity index (χ4n) is 1.72. The van der Waals surface area contributed by atoms with E-state index in [1.54, 1.807) is 31.2 Å². The van der Waals surface area contributed by atoms with Crippen molar-refractivity contribution in [2.45, 2.75) is 32.4 Å². The summed E-state index contributed by atoms with van der Waals surface area (Å²) >= 11 is 0.